The van der Waals surface area contributed by atoms with Gasteiger partial charge < -0.3 is 10.2 Å². The molecule has 0 aliphatic carbocycles. The molecule has 0 aliphatic rings. The number of aryl methyl sites for hydroxylation is 4. The van der Waals surface area contributed by atoms with Crippen molar-refractivity contribution in [3.05, 3.63) is 64.7 Å². The van der Waals surface area contributed by atoms with Crippen molar-refractivity contribution in [1.29, 1.82) is 0 Å². The zero-order valence-corrected chi connectivity index (χ0v) is 20.4. The van der Waals surface area contributed by atoms with Crippen LogP contribution in [0, 0.1) is 13.8 Å². The quantitative estimate of drug-likeness (QED) is 0.367. The van der Waals surface area contributed by atoms with Gasteiger partial charge in [-0.15, -0.1) is 9.24 Å². The van der Waals surface area contributed by atoms with Crippen LogP contribution in [-0.2, 0) is 12.8 Å². The van der Waals surface area contributed by atoms with E-state index in [-0.39, 0.29) is 0 Å². The van der Waals surface area contributed by atoms with Crippen LogP contribution < -0.4 is 5.30 Å². The Morgan fingerprint density at radius 3 is 1.77 bits per heavy atom. The molecule has 2 nitrogen and oxygen atoms in total. The van der Waals surface area contributed by atoms with E-state index in [2.05, 4.69) is 67.3 Å². The van der Waals surface area contributed by atoms with Gasteiger partial charge in [0.15, 0.2) is 0 Å². The zero-order valence-electron chi connectivity index (χ0n) is 19.3. The van der Waals surface area contributed by atoms with Crippen molar-refractivity contribution in [3.63, 3.8) is 0 Å². The molecular weight excluding hydrogens is 399 g/mol. The van der Waals surface area contributed by atoms with E-state index in [4.69, 9.17) is 0 Å². The summed E-state index contributed by atoms with van der Waals surface area (Å²) in [5, 5.41) is 23.4. The van der Waals surface area contributed by atoms with Gasteiger partial charge in [-0.1, -0.05) is 57.0 Å². The Bertz CT molecular complexity index is 1070. The fraction of sp³-hybridized carbons (Fsp3) is 0.357. The van der Waals surface area contributed by atoms with Crippen molar-refractivity contribution >= 4 is 14.5 Å². The maximum atomic E-state index is 11.2. The molecule has 0 aliphatic heterocycles. The van der Waals surface area contributed by atoms with Gasteiger partial charge in [0, 0.05) is 16.7 Å². The molecule has 3 aromatic rings. The smallest absolute Gasteiger partial charge is 0.126 e. The first-order chi connectivity index (χ1) is 14.9. The van der Waals surface area contributed by atoms with Crippen LogP contribution in [0.25, 0.3) is 22.3 Å². The fourth-order valence-electron chi connectivity index (χ4n) is 4.31. The topological polar surface area (TPSA) is 40.5 Å². The maximum absolute atomic E-state index is 11.2. The molecule has 3 rings (SSSR count). The van der Waals surface area contributed by atoms with Gasteiger partial charge in [-0.25, -0.2) is 0 Å². The van der Waals surface area contributed by atoms with Gasteiger partial charge in [0.25, 0.3) is 0 Å². The van der Waals surface area contributed by atoms with E-state index in [9.17, 15) is 10.2 Å². The van der Waals surface area contributed by atoms with Crippen molar-refractivity contribution in [1.82, 2.24) is 0 Å². The Morgan fingerprint density at radius 1 is 0.710 bits per heavy atom. The summed E-state index contributed by atoms with van der Waals surface area (Å²) < 4.78 is 0. The second kappa shape index (κ2) is 10.3. The summed E-state index contributed by atoms with van der Waals surface area (Å²) >= 11 is 0. The van der Waals surface area contributed by atoms with E-state index in [0.29, 0.717) is 11.5 Å². The van der Waals surface area contributed by atoms with Crippen LogP contribution in [0.3, 0.4) is 0 Å². The Morgan fingerprint density at radius 2 is 1.23 bits per heavy atom. The van der Waals surface area contributed by atoms with Gasteiger partial charge in [0.2, 0.25) is 0 Å². The third-order valence-corrected chi connectivity index (χ3v) is 6.40. The summed E-state index contributed by atoms with van der Waals surface area (Å²) in [6.45, 7) is 8.49. The first-order valence-corrected chi connectivity index (χ1v) is 12.0. The standard InChI is InChI=1S/C28H35O2P/c1-5-7-10-20-14-18(3)16-23(27(20)29)22-12-9-13-25(31)26(22)24-17-19(4)15-21(28(24)30)11-8-6-2/h9,12-17,29-30H,5-8,10-11,31H2,1-4H3. The van der Waals surface area contributed by atoms with E-state index in [1.807, 2.05) is 12.1 Å². The molecule has 0 bridgehead atoms. The monoisotopic (exact) mass is 434 g/mol. The van der Waals surface area contributed by atoms with Crippen LogP contribution in [-0.4, -0.2) is 10.2 Å². The van der Waals surface area contributed by atoms with Crippen molar-refractivity contribution in [2.45, 2.75) is 66.2 Å². The highest BCUT2D eigenvalue weighted by Gasteiger charge is 2.20. The first-order valence-electron chi connectivity index (χ1n) is 11.4. The molecule has 0 aromatic heterocycles. The molecule has 1 atom stereocenters. The Labute approximate surface area is 189 Å². The summed E-state index contributed by atoms with van der Waals surface area (Å²) in [6.07, 6.45) is 6.00. The second-order valence-electron chi connectivity index (χ2n) is 8.62. The highest BCUT2D eigenvalue weighted by molar-refractivity contribution is 7.28. The summed E-state index contributed by atoms with van der Waals surface area (Å²) in [5.74, 6) is 0.711. The molecule has 0 amide bonds. The lowest BCUT2D eigenvalue weighted by molar-refractivity contribution is 0.467. The summed E-state index contributed by atoms with van der Waals surface area (Å²) in [7, 11) is 2.81. The van der Waals surface area contributed by atoms with Crippen LogP contribution in [0.1, 0.15) is 61.8 Å². The first kappa shape index (κ1) is 23.4. The Hall–Kier alpha value is -2.31. The number of phenolic OH excluding ortho intramolecular Hbond substituents is 2. The third kappa shape index (κ3) is 5.13. The molecule has 3 heteroatoms. The lowest BCUT2D eigenvalue weighted by atomic mass is 9.88. The number of unbranched alkanes of at least 4 members (excludes halogenated alkanes) is 2. The van der Waals surface area contributed by atoms with Gasteiger partial charge in [-0.2, -0.15) is 0 Å². The predicted molar refractivity (Wildman–Crippen MR) is 137 cm³/mol. The number of phenols is 2. The number of hydrogen-bond acceptors (Lipinski definition) is 2. The van der Waals surface area contributed by atoms with Gasteiger partial charge in [0.1, 0.15) is 11.5 Å². The molecule has 1 unspecified atom stereocenters. The number of hydrogen-bond donors (Lipinski definition) is 2. The molecule has 0 saturated carbocycles. The maximum Gasteiger partial charge on any atom is 0.126 e. The second-order valence-corrected chi connectivity index (χ2v) is 9.24. The molecule has 0 radical (unpaired) electrons. The molecule has 0 spiro atoms. The third-order valence-electron chi connectivity index (χ3n) is 5.92. The Balaban J connectivity index is 2.25. The molecule has 3 aromatic carbocycles. The van der Waals surface area contributed by atoms with Crippen LogP contribution >= 0.6 is 9.24 Å². The minimum absolute atomic E-state index is 0.355. The fourth-order valence-corrected chi connectivity index (χ4v) is 4.74. The van der Waals surface area contributed by atoms with Gasteiger partial charge in [-0.3, -0.25) is 0 Å². The van der Waals surface area contributed by atoms with E-state index < -0.39 is 0 Å². The van der Waals surface area contributed by atoms with Crippen LogP contribution in [0.4, 0.5) is 0 Å². The van der Waals surface area contributed by atoms with Crippen LogP contribution in [0.5, 0.6) is 11.5 Å². The largest absolute Gasteiger partial charge is 0.507 e. The minimum atomic E-state index is 0.355. The summed E-state index contributed by atoms with van der Waals surface area (Å²) in [4.78, 5) is 0. The van der Waals surface area contributed by atoms with E-state index >= 15 is 0 Å². The van der Waals surface area contributed by atoms with E-state index in [1.54, 1.807) is 0 Å². The number of aromatic hydroxyl groups is 2. The molecule has 0 heterocycles. The molecule has 2 N–H and O–H groups in total. The lowest BCUT2D eigenvalue weighted by Crippen LogP contribution is -2.02. The summed E-state index contributed by atoms with van der Waals surface area (Å²) in [6, 6.07) is 14.4. The molecule has 31 heavy (non-hydrogen) atoms. The molecule has 0 fully saturated rings. The highest BCUT2D eigenvalue weighted by Crippen LogP contribution is 2.43. The molecular formula is C28H35O2P. The van der Waals surface area contributed by atoms with Crippen molar-refractivity contribution in [2.24, 2.45) is 0 Å². The normalized spacial score (nSPS) is 11.1. The minimum Gasteiger partial charge on any atom is -0.507 e. The molecule has 0 saturated heterocycles. The zero-order chi connectivity index (χ0) is 22.5. The number of benzene rings is 3. The highest BCUT2D eigenvalue weighted by atomic mass is 31.0. The van der Waals surface area contributed by atoms with Gasteiger partial charge >= 0.3 is 0 Å². The van der Waals surface area contributed by atoms with E-state index in [0.717, 1.165) is 88.3 Å². The van der Waals surface area contributed by atoms with Crippen LogP contribution in [0.2, 0.25) is 0 Å². The summed E-state index contributed by atoms with van der Waals surface area (Å²) in [5.41, 5.74) is 7.85. The van der Waals surface area contributed by atoms with Gasteiger partial charge in [-0.05, 0) is 84.8 Å². The predicted octanol–water partition coefficient (Wildman–Crippen LogP) is 7.23. The van der Waals surface area contributed by atoms with E-state index in [1.165, 1.54) is 0 Å². The van der Waals surface area contributed by atoms with Crippen molar-refractivity contribution in [2.75, 3.05) is 0 Å². The van der Waals surface area contributed by atoms with Crippen molar-refractivity contribution < 1.29 is 10.2 Å². The average molecular weight is 435 g/mol. The van der Waals surface area contributed by atoms with Gasteiger partial charge in [0.05, 0.1) is 0 Å². The molecule has 164 valence electrons. The van der Waals surface area contributed by atoms with Crippen molar-refractivity contribution in [3.8, 4) is 33.8 Å². The number of rotatable bonds is 8. The SMILES string of the molecule is CCCCc1cc(C)cc(-c2cccc(P)c2-c2cc(C)cc(CCCC)c2O)c1O. The Kier molecular flexibility index (Phi) is 7.79. The lowest BCUT2D eigenvalue weighted by Gasteiger charge is -2.19. The average Bonchev–Trinajstić information content (AvgIpc) is 2.74. The van der Waals surface area contributed by atoms with Crippen LogP contribution in [0.15, 0.2) is 42.5 Å².